The van der Waals surface area contributed by atoms with Crippen molar-refractivity contribution in [2.75, 3.05) is 20.3 Å². The summed E-state index contributed by atoms with van der Waals surface area (Å²) in [5, 5.41) is 10.0. The quantitative estimate of drug-likeness (QED) is 0.799. The maximum atomic E-state index is 11.6. The summed E-state index contributed by atoms with van der Waals surface area (Å²) in [6.45, 7) is 6.13. The van der Waals surface area contributed by atoms with Crippen LogP contribution in [0.2, 0.25) is 0 Å². The van der Waals surface area contributed by atoms with Gasteiger partial charge in [0, 0.05) is 5.56 Å². The van der Waals surface area contributed by atoms with Crippen molar-refractivity contribution < 1.29 is 24.1 Å². The van der Waals surface area contributed by atoms with Crippen LogP contribution in [0.4, 0.5) is 0 Å². The minimum Gasteiger partial charge on any atom is -0.496 e. The number of aliphatic hydroxyl groups excluding tert-OH is 1. The van der Waals surface area contributed by atoms with E-state index in [4.69, 9.17) is 14.2 Å². The molecule has 5 heteroatoms. The fourth-order valence-corrected chi connectivity index (χ4v) is 1.73. The molecule has 0 aliphatic rings. The second kappa shape index (κ2) is 6.99. The molecule has 106 valence electrons. The summed E-state index contributed by atoms with van der Waals surface area (Å²) in [6, 6.07) is 3.34. The second-order valence-corrected chi connectivity index (χ2v) is 3.95. The highest BCUT2D eigenvalue weighted by Gasteiger charge is 2.24. The highest BCUT2D eigenvalue weighted by molar-refractivity contribution is 5.77. The zero-order valence-electron chi connectivity index (χ0n) is 11.7. The number of methoxy groups -OCH3 is 1. The van der Waals surface area contributed by atoms with Crippen LogP contribution in [-0.4, -0.2) is 31.4 Å². The smallest absolute Gasteiger partial charge is 0.339 e. The van der Waals surface area contributed by atoms with Crippen molar-refractivity contribution in [2.24, 2.45) is 0 Å². The van der Waals surface area contributed by atoms with Gasteiger partial charge in [-0.1, -0.05) is 0 Å². The van der Waals surface area contributed by atoms with Crippen molar-refractivity contribution in [1.82, 2.24) is 0 Å². The van der Waals surface area contributed by atoms with Gasteiger partial charge < -0.3 is 19.3 Å². The zero-order valence-corrected chi connectivity index (χ0v) is 11.7. The Morgan fingerprint density at radius 1 is 1.26 bits per heavy atom. The van der Waals surface area contributed by atoms with Gasteiger partial charge in [-0.25, -0.2) is 4.79 Å². The molecule has 19 heavy (non-hydrogen) atoms. The summed E-state index contributed by atoms with van der Waals surface area (Å²) >= 11 is 0. The van der Waals surface area contributed by atoms with E-state index in [-0.39, 0.29) is 6.61 Å². The molecule has 1 N–H and O–H groups in total. The first-order chi connectivity index (χ1) is 9.04. The first-order valence-electron chi connectivity index (χ1n) is 6.21. The molecule has 0 heterocycles. The average molecular weight is 268 g/mol. The van der Waals surface area contributed by atoms with E-state index in [1.165, 1.54) is 7.11 Å². The van der Waals surface area contributed by atoms with E-state index >= 15 is 0 Å². The van der Waals surface area contributed by atoms with E-state index in [9.17, 15) is 9.90 Å². The fourth-order valence-electron chi connectivity index (χ4n) is 1.73. The number of ether oxygens (including phenoxy) is 3. The fraction of sp³-hybridized carbons (Fsp3) is 0.500. The van der Waals surface area contributed by atoms with Crippen molar-refractivity contribution in [3.8, 4) is 11.5 Å². The Morgan fingerprint density at radius 2 is 1.95 bits per heavy atom. The van der Waals surface area contributed by atoms with Crippen LogP contribution >= 0.6 is 0 Å². The number of carbonyl (C=O) groups excluding carboxylic acids is 1. The van der Waals surface area contributed by atoms with Crippen LogP contribution in [0.15, 0.2) is 12.1 Å². The van der Waals surface area contributed by atoms with Gasteiger partial charge in [0.15, 0.2) is 6.10 Å². The number of rotatable bonds is 6. The van der Waals surface area contributed by atoms with Crippen molar-refractivity contribution in [3.05, 3.63) is 23.3 Å². The number of aliphatic hydroxyl groups is 1. The van der Waals surface area contributed by atoms with E-state index in [1.54, 1.807) is 19.1 Å². The van der Waals surface area contributed by atoms with Gasteiger partial charge in [-0.3, -0.25) is 0 Å². The lowest BCUT2D eigenvalue weighted by molar-refractivity contribution is -0.153. The molecule has 0 fully saturated rings. The Bertz CT molecular complexity index is 442. The van der Waals surface area contributed by atoms with Crippen molar-refractivity contribution in [2.45, 2.75) is 26.9 Å². The van der Waals surface area contributed by atoms with Crippen LogP contribution in [0.3, 0.4) is 0 Å². The third kappa shape index (κ3) is 3.61. The van der Waals surface area contributed by atoms with Gasteiger partial charge in [0.05, 0.1) is 20.3 Å². The maximum Gasteiger partial charge on any atom is 0.339 e. The van der Waals surface area contributed by atoms with E-state index in [2.05, 4.69) is 0 Å². The van der Waals surface area contributed by atoms with E-state index in [0.717, 1.165) is 5.56 Å². The molecule has 0 saturated heterocycles. The SMILES string of the molecule is CCOC(=O)C(O)c1cc(OCC)c(C)cc1OC. The average Bonchev–Trinajstić information content (AvgIpc) is 2.40. The molecule has 1 unspecified atom stereocenters. The number of esters is 1. The Hall–Kier alpha value is -1.75. The normalized spacial score (nSPS) is 11.8. The monoisotopic (exact) mass is 268 g/mol. The molecule has 1 aromatic rings. The van der Waals surface area contributed by atoms with Gasteiger partial charge in [0.1, 0.15) is 11.5 Å². The predicted octanol–water partition coefficient (Wildman–Crippen LogP) is 2.00. The topological polar surface area (TPSA) is 65.0 Å². The molecule has 1 rings (SSSR count). The van der Waals surface area contributed by atoms with Crippen molar-refractivity contribution in [1.29, 1.82) is 0 Å². The lowest BCUT2D eigenvalue weighted by Gasteiger charge is -2.17. The summed E-state index contributed by atoms with van der Waals surface area (Å²) < 4.78 is 15.4. The molecule has 1 aromatic carbocycles. The minimum atomic E-state index is -1.38. The Kier molecular flexibility index (Phi) is 5.63. The summed E-state index contributed by atoms with van der Waals surface area (Å²) in [6.07, 6.45) is -1.38. The van der Waals surface area contributed by atoms with Gasteiger partial charge in [0.25, 0.3) is 0 Å². The first kappa shape index (κ1) is 15.3. The van der Waals surface area contributed by atoms with Crippen molar-refractivity contribution >= 4 is 5.97 Å². The first-order valence-corrected chi connectivity index (χ1v) is 6.21. The third-order valence-corrected chi connectivity index (χ3v) is 2.63. The standard InChI is InChI=1S/C14H20O5/c1-5-18-11-8-10(12(17-4)7-9(11)3)13(15)14(16)19-6-2/h7-8,13,15H,5-6H2,1-4H3. The van der Waals surface area contributed by atoms with E-state index in [1.807, 2.05) is 13.8 Å². The van der Waals surface area contributed by atoms with Crippen molar-refractivity contribution in [3.63, 3.8) is 0 Å². The van der Waals surface area contributed by atoms with Gasteiger partial charge in [0.2, 0.25) is 0 Å². The van der Waals surface area contributed by atoms with Crippen LogP contribution in [0.5, 0.6) is 11.5 Å². The van der Waals surface area contributed by atoms with Crippen LogP contribution in [-0.2, 0) is 9.53 Å². The largest absolute Gasteiger partial charge is 0.496 e. The molecule has 0 saturated carbocycles. The Balaban J connectivity index is 3.16. The molecule has 0 aliphatic heterocycles. The highest BCUT2D eigenvalue weighted by atomic mass is 16.5. The summed E-state index contributed by atoms with van der Waals surface area (Å²) in [4.78, 5) is 11.6. The molecule has 0 bridgehead atoms. The van der Waals surface area contributed by atoms with Gasteiger partial charge >= 0.3 is 5.97 Å². The predicted molar refractivity (Wildman–Crippen MR) is 70.5 cm³/mol. The molecule has 0 amide bonds. The van der Waals surface area contributed by atoms with E-state index in [0.29, 0.717) is 23.7 Å². The Labute approximate surface area is 113 Å². The van der Waals surface area contributed by atoms with Crippen LogP contribution < -0.4 is 9.47 Å². The molecule has 0 spiro atoms. The van der Waals surface area contributed by atoms with E-state index < -0.39 is 12.1 Å². The lowest BCUT2D eigenvalue weighted by atomic mass is 10.0. The summed E-state index contributed by atoms with van der Waals surface area (Å²) in [5.41, 5.74) is 1.22. The number of hydrogen-bond acceptors (Lipinski definition) is 5. The Morgan fingerprint density at radius 3 is 2.47 bits per heavy atom. The van der Waals surface area contributed by atoms with Crippen LogP contribution in [0.1, 0.15) is 31.1 Å². The molecular weight excluding hydrogens is 248 g/mol. The lowest BCUT2D eigenvalue weighted by Crippen LogP contribution is -2.16. The summed E-state index contributed by atoms with van der Waals surface area (Å²) in [7, 11) is 1.48. The zero-order chi connectivity index (χ0) is 14.4. The van der Waals surface area contributed by atoms with Gasteiger partial charge in [-0.05, 0) is 38.5 Å². The van der Waals surface area contributed by atoms with Gasteiger partial charge in [-0.2, -0.15) is 0 Å². The molecular formula is C14H20O5. The molecule has 0 aromatic heterocycles. The van der Waals surface area contributed by atoms with Crippen LogP contribution in [0.25, 0.3) is 0 Å². The number of aryl methyl sites for hydroxylation is 1. The third-order valence-electron chi connectivity index (χ3n) is 2.63. The molecule has 0 aliphatic carbocycles. The minimum absolute atomic E-state index is 0.211. The maximum absolute atomic E-state index is 11.6. The van der Waals surface area contributed by atoms with Crippen LogP contribution in [0, 0.1) is 6.92 Å². The molecule has 5 nitrogen and oxygen atoms in total. The summed E-state index contributed by atoms with van der Waals surface area (Å²) in [5.74, 6) is 0.343. The number of benzene rings is 1. The number of hydrogen-bond donors (Lipinski definition) is 1. The highest BCUT2D eigenvalue weighted by Crippen LogP contribution is 2.33. The number of carbonyl (C=O) groups is 1. The second-order valence-electron chi connectivity index (χ2n) is 3.95. The molecule has 1 atom stereocenters. The van der Waals surface area contributed by atoms with Gasteiger partial charge in [-0.15, -0.1) is 0 Å². The molecule has 0 radical (unpaired) electrons.